The molecule has 0 saturated carbocycles. The van der Waals surface area contributed by atoms with Crippen molar-refractivity contribution in [1.82, 2.24) is 5.32 Å². The lowest BCUT2D eigenvalue weighted by Crippen LogP contribution is -2.26. The van der Waals surface area contributed by atoms with Crippen LogP contribution in [0.3, 0.4) is 0 Å². The molecule has 6 heteroatoms. The molecule has 0 aliphatic heterocycles. The summed E-state index contributed by atoms with van der Waals surface area (Å²) in [7, 11) is 1.64. The van der Waals surface area contributed by atoms with Crippen LogP contribution >= 0.6 is 23.2 Å². The van der Waals surface area contributed by atoms with Crippen LogP contribution in [0.4, 0.5) is 5.69 Å². The molecule has 0 aromatic heterocycles. The minimum Gasteiger partial charge on any atom is -0.385 e. The van der Waals surface area contributed by atoms with Crippen LogP contribution in [0.5, 0.6) is 0 Å². The highest BCUT2D eigenvalue weighted by molar-refractivity contribution is 6.35. The van der Waals surface area contributed by atoms with Crippen LogP contribution in [0.2, 0.25) is 10.0 Å². The van der Waals surface area contributed by atoms with Gasteiger partial charge in [-0.15, -0.1) is 0 Å². The summed E-state index contributed by atoms with van der Waals surface area (Å²) in [5, 5.41) is 7.09. The first-order valence-electron chi connectivity index (χ1n) is 6.08. The average molecular weight is 305 g/mol. The summed E-state index contributed by atoms with van der Waals surface area (Å²) in [5.74, 6) is 0.00162. The van der Waals surface area contributed by atoms with Crippen LogP contribution in [0.1, 0.15) is 12.8 Å². The fourth-order valence-electron chi connectivity index (χ4n) is 1.48. The van der Waals surface area contributed by atoms with Crippen LogP contribution in [0, 0.1) is 0 Å². The molecule has 0 aliphatic rings. The maximum absolute atomic E-state index is 11.5. The summed E-state index contributed by atoms with van der Waals surface area (Å²) in [4.78, 5) is 11.5. The average Bonchev–Trinajstić information content (AvgIpc) is 2.39. The smallest absolute Gasteiger partial charge is 0.221 e. The fraction of sp³-hybridized carbons (Fsp3) is 0.462. The summed E-state index contributed by atoms with van der Waals surface area (Å²) in [6.07, 6.45) is 1.20. The molecule has 106 valence electrons. The zero-order valence-electron chi connectivity index (χ0n) is 10.8. The van der Waals surface area contributed by atoms with Crippen LogP contribution < -0.4 is 10.6 Å². The van der Waals surface area contributed by atoms with Gasteiger partial charge in [-0.2, -0.15) is 0 Å². The first kappa shape index (κ1) is 16.1. The van der Waals surface area contributed by atoms with Gasteiger partial charge in [0, 0.05) is 38.2 Å². The minimum absolute atomic E-state index is 0.00162. The third-order valence-electron chi connectivity index (χ3n) is 2.44. The summed E-state index contributed by atoms with van der Waals surface area (Å²) < 4.78 is 4.90. The number of hydrogen-bond donors (Lipinski definition) is 2. The van der Waals surface area contributed by atoms with E-state index in [1.54, 1.807) is 25.3 Å². The first-order chi connectivity index (χ1) is 9.13. The number of ether oxygens (including phenoxy) is 1. The van der Waals surface area contributed by atoms with E-state index in [2.05, 4.69) is 10.6 Å². The van der Waals surface area contributed by atoms with Crippen LogP contribution in [0.15, 0.2) is 18.2 Å². The van der Waals surface area contributed by atoms with Gasteiger partial charge in [-0.25, -0.2) is 0 Å². The molecule has 1 amide bonds. The Balaban J connectivity index is 2.22. The molecule has 2 N–H and O–H groups in total. The second kappa shape index (κ2) is 9.02. The molecule has 0 spiro atoms. The van der Waals surface area contributed by atoms with Gasteiger partial charge in [-0.05, 0) is 24.6 Å². The van der Waals surface area contributed by atoms with Gasteiger partial charge in [0.15, 0.2) is 0 Å². The molecule has 4 nitrogen and oxygen atoms in total. The summed E-state index contributed by atoms with van der Waals surface area (Å²) >= 11 is 11.9. The Morgan fingerprint density at radius 1 is 1.32 bits per heavy atom. The maximum atomic E-state index is 11.5. The van der Waals surface area contributed by atoms with Gasteiger partial charge in [0.25, 0.3) is 0 Å². The highest BCUT2D eigenvalue weighted by Gasteiger charge is 2.03. The molecule has 1 aromatic carbocycles. The van der Waals surface area contributed by atoms with E-state index < -0.39 is 0 Å². The Morgan fingerprint density at radius 2 is 2.11 bits per heavy atom. The molecule has 0 fully saturated rings. The molecular formula is C13H18Cl2N2O2. The summed E-state index contributed by atoms with van der Waals surface area (Å²) in [6, 6.07) is 5.18. The molecular weight excluding hydrogens is 287 g/mol. The van der Waals surface area contributed by atoms with Crippen molar-refractivity contribution in [2.75, 3.05) is 32.1 Å². The van der Waals surface area contributed by atoms with Gasteiger partial charge >= 0.3 is 0 Å². The van der Waals surface area contributed by atoms with E-state index in [-0.39, 0.29) is 5.91 Å². The van der Waals surface area contributed by atoms with Crippen molar-refractivity contribution < 1.29 is 9.53 Å². The Hall–Kier alpha value is -0.970. The van der Waals surface area contributed by atoms with Gasteiger partial charge in [-0.1, -0.05) is 23.2 Å². The van der Waals surface area contributed by atoms with Crippen molar-refractivity contribution in [2.45, 2.75) is 12.8 Å². The largest absolute Gasteiger partial charge is 0.385 e. The van der Waals surface area contributed by atoms with Crippen molar-refractivity contribution in [2.24, 2.45) is 0 Å². The Kier molecular flexibility index (Phi) is 7.63. The van der Waals surface area contributed by atoms with E-state index in [4.69, 9.17) is 27.9 Å². The maximum Gasteiger partial charge on any atom is 0.221 e. The quantitative estimate of drug-likeness (QED) is 0.726. The Morgan fingerprint density at radius 3 is 2.84 bits per heavy atom. The van der Waals surface area contributed by atoms with Crippen molar-refractivity contribution in [3.05, 3.63) is 28.2 Å². The van der Waals surface area contributed by atoms with Crippen molar-refractivity contribution in [1.29, 1.82) is 0 Å². The van der Waals surface area contributed by atoms with Crippen molar-refractivity contribution >= 4 is 34.8 Å². The second-order valence-corrected chi connectivity index (χ2v) is 4.84. The third kappa shape index (κ3) is 6.66. The number of carbonyl (C=O) groups is 1. The fourth-order valence-corrected chi connectivity index (χ4v) is 1.83. The topological polar surface area (TPSA) is 50.4 Å². The molecule has 0 unspecified atom stereocenters. The number of nitrogens with one attached hydrogen (secondary N) is 2. The van der Waals surface area contributed by atoms with Gasteiger partial charge in [-0.3, -0.25) is 4.79 Å². The summed E-state index contributed by atoms with van der Waals surface area (Å²) in [6.45, 7) is 1.79. The van der Waals surface area contributed by atoms with Crippen molar-refractivity contribution in [3.8, 4) is 0 Å². The van der Waals surface area contributed by atoms with Crippen molar-refractivity contribution in [3.63, 3.8) is 0 Å². The molecule has 0 bridgehead atoms. The molecule has 0 aliphatic carbocycles. The Bertz CT molecular complexity index is 414. The molecule has 0 radical (unpaired) electrons. The number of rotatable bonds is 8. The first-order valence-corrected chi connectivity index (χ1v) is 6.83. The lowest BCUT2D eigenvalue weighted by molar-refractivity contribution is -0.120. The molecule has 19 heavy (non-hydrogen) atoms. The number of amides is 1. The molecule has 0 heterocycles. The monoisotopic (exact) mass is 304 g/mol. The lowest BCUT2D eigenvalue weighted by atomic mass is 10.3. The standard InChI is InChI=1S/C13H18Cl2N2O2/c1-19-8-2-6-17-13(18)5-7-16-12-9-10(14)3-4-11(12)15/h3-4,9,16H,2,5-8H2,1H3,(H,17,18). The van der Waals surface area contributed by atoms with Gasteiger partial charge in [0.1, 0.15) is 0 Å². The molecule has 1 rings (SSSR count). The van der Waals surface area contributed by atoms with Gasteiger partial charge in [0.05, 0.1) is 10.7 Å². The SMILES string of the molecule is COCCCNC(=O)CCNc1cc(Cl)ccc1Cl. The van der Waals surface area contributed by atoms with E-state index in [9.17, 15) is 4.79 Å². The number of benzene rings is 1. The normalized spacial score (nSPS) is 10.3. The molecule has 0 saturated heterocycles. The minimum atomic E-state index is 0.00162. The van der Waals surface area contributed by atoms with Crippen LogP contribution in [-0.4, -0.2) is 32.7 Å². The predicted octanol–water partition coefficient (Wildman–Crippen LogP) is 2.95. The molecule has 0 atom stereocenters. The number of anilines is 1. The number of hydrogen-bond acceptors (Lipinski definition) is 3. The highest BCUT2D eigenvalue weighted by atomic mass is 35.5. The second-order valence-electron chi connectivity index (χ2n) is 4.00. The summed E-state index contributed by atoms with van der Waals surface area (Å²) in [5.41, 5.74) is 0.737. The predicted molar refractivity (Wildman–Crippen MR) is 79.1 cm³/mol. The number of methoxy groups -OCH3 is 1. The van der Waals surface area contributed by atoms with Gasteiger partial charge in [0.2, 0.25) is 5.91 Å². The van der Waals surface area contributed by atoms with E-state index in [0.29, 0.717) is 36.2 Å². The van der Waals surface area contributed by atoms with Crippen LogP contribution in [-0.2, 0) is 9.53 Å². The van der Waals surface area contributed by atoms with E-state index >= 15 is 0 Å². The number of carbonyl (C=O) groups excluding carboxylic acids is 1. The zero-order chi connectivity index (χ0) is 14.1. The zero-order valence-corrected chi connectivity index (χ0v) is 12.4. The van der Waals surface area contributed by atoms with Gasteiger partial charge < -0.3 is 15.4 Å². The lowest BCUT2D eigenvalue weighted by Gasteiger charge is -2.09. The van der Waals surface area contributed by atoms with Crippen LogP contribution in [0.25, 0.3) is 0 Å². The van der Waals surface area contributed by atoms with E-state index in [1.807, 2.05) is 0 Å². The van der Waals surface area contributed by atoms with E-state index in [1.165, 1.54) is 0 Å². The third-order valence-corrected chi connectivity index (χ3v) is 3.01. The number of halogens is 2. The highest BCUT2D eigenvalue weighted by Crippen LogP contribution is 2.25. The molecule has 1 aromatic rings. The van der Waals surface area contributed by atoms with E-state index in [0.717, 1.165) is 12.1 Å². The Labute approximate surface area is 123 Å².